The highest BCUT2D eigenvalue weighted by molar-refractivity contribution is 5.90. The number of nitrogens with one attached hydrogen (secondary N) is 1. The molecule has 6 nitrogen and oxygen atoms in total. The zero-order valence-corrected chi connectivity index (χ0v) is 13.8. The summed E-state index contributed by atoms with van der Waals surface area (Å²) in [6, 6.07) is 4.02. The van der Waals surface area contributed by atoms with Gasteiger partial charge < -0.3 is 10.2 Å². The lowest BCUT2D eigenvalue weighted by atomic mass is 10.1. The molecule has 1 saturated heterocycles. The van der Waals surface area contributed by atoms with Crippen LogP contribution >= 0.6 is 0 Å². The smallest absolute Gasteiger partial charge is 0.317 e. The lowest BCUT2D eigenvalue weighted by Crippen LogP contribution is -2.34. The van der Waals surface area contributed by atoms with Crippen LogP contribution in [0.15, 0.2) is 30.7 Å². The number of aryl methyl sites for hydroxylation is 1. The van der Waals surface area contributed by atoms with Gasteiger partial charge in [0.05, 0.1) is 23.6 Å². The fourth-order valence-corrected chi connectivity index (χ4v) is 3.38. The first kappa shape index (κ1) is 15.1. The van der Waals surface area contributed by atoms with E-state index in [0.717, 1.165) is 55.0 Å². The Morgan fingerprint density at radius 2 is 2.04 bits per heavy atom. The van der Waals surface area contributed by atoms with Crippen molar-refractivity contribution in [3.63, 3.8) is 0 Å². The number of amides is 2. The van der Waals surface area contributed by atoms with E-state index in [9.17, 15) is 4.79 Å². The molecular weight excluding hydrogens is 302 g/mol. The van der Waals surface area contributed by atoms with Gasteiger partial charge in [-0.3, -0.25) is 4.98 Å². The number of carbonyl (C=O) groups excluding carboxylic acids is 1. The number of carbonyl (C=O) groups is 1. The minimum Gasteiger partial charge on any atom is -0.317 e. The summed E-state index contributed by atoms with van der Waals surface area (Å²) in [7, 11) is 0. The summed E-state index contributed by atoms with van der Waals surface area (Å²) in [6.07, 6.45) is 9.58. The standard InChI is InChI=1S/C18H21N5O/c1-12-20-11-15(17(21-12)14-4-5-14)22-18(24)23-10-2-3-16(23)13-6-8-19-9-7-13/h6-9,11,14,16H,2-5,10H2,1H3,(H,22,24)/t16-/m1/s1. The molecule has 2 aromatic heterocycles. The number of nitrogens with zero attached hydrogens (tertiary/aromatic N) is 4. The third kappa shape index (κ3) is 2.96. The number of likely N-dealkylation sites (tertiary alicyclic amines) is 1. The van der Waals surface area contributed by atoms with Crippen LogP contribution in [0.4, 0.5) is 10.5 Å². The van der Waals surface area contributed by atoms with E-state index in [1.54, 1.807) is 18.6 Å². The van der Waals surface area contributed by atoms with Crippen molar-refractivity contribution in [2.75, 3.05) is 11.9 Å². The van der Waals surface area contributed by atoms with Crippen molar-refractivity contribution in [2.24, 2.45) is 0 Å². The molecule has 0 spiro atoms. The Labute approximate surface area is 141 Å². The fourth-order valence-electron chi connectivity index (χ4n) is 3.38. The Morgan fingerprint density at radius 1 is 1.25 bits per heavy atom. The first-order chi connectivity index (χ1) is 11.7. The SMILES string of the molecule is Cc1ncc(NC(=O)N2CCC[C@@H]2c2ccncc2)c(C2CC2)n1. The Morgan fingerprint density at radius 3 is 2.79 bits per heavy atom. The van der Waals surface area contributed by atoms with Crippen molar-refractivity contribution >= 4 is 11.7 Å². The number of anilines is 1. The molecule has 3 heterocycles. The molecule has 124 valence electrons. The number of pyridine rings is 1. The fraction of sp³-hybridized carbons (Fsp3) is 0.444. The molecule has 0 bridgehead atoms. The molecule has 1 N–H and O–H groups in total. The third-order valence-electron chi connectivity index (χ3n) is 4.75. The maximum absolute atomic E-state index is 12.8. The maximum atomic E-state index is 12.8. The van der Waals surface area contributed by atoms with E-state index >= 15 is 0 Å². The average Bonchev–Trinajstić information content (AvgIpc) is 3.33. The molecule has 1 saturated carbocycles. The van der Waals surface area contributed by atoms with Gasteiger partial charge in [0, 0.05) is 24.9 Å². The zero-order valence-electron chi connectivity index (χ0n) is 13.8. The Hall–Kier alpha value is -2.50. The summed E-state index contributed by atoms with van der Waals surface area (Å²) < 4.78 is 0. The van der Waals surface area contributed by atoms with E-state index in [1.165, 1.54) is 0 Å². The van der Waals surface area contributed by atoms with Gasteiger partial charge in [-0.2, -0.15) is 0 Å². The molecule has 2 aromatic rings. The molecule has 6 heteroatoms. The van der Waals surface area contributed by atoms with E-state index in [4.69, 9.17) is 0 Å². The molecule has 0 unspecified atom stereocenters. The highest BCUT2D eigenvalue weighted by Crippen LogP contribution is 2.42. The number of rotatable bonds is 3. The molecule has 1 aliphatic heterocycles. The maximum Gasteiger partial charge on any atom is 0.322 e. The van der Waals surface area contributed by atoms with Gasteiger partial charge in [0.25, 0.3) is 0 Å². The van der Waals surface area contributed by atoms with Crippen molar-refractivity contribution in [1.82, 2.24) is 19.9 Å². The van der Waals surface area contributed by atoms with Gasteiger partial charge in [0.15, 0.2) is 0 Å². The lowest BCUT2D eigenvalue weighted by molar-refractivity contribution is 0.207. The molecule has 2 aliphatic rings. The highest BCUT2D eigenvalue weighted by Gasteiger charge is 2.32. The first-order valence-electron chi connectivity index (χ1n) is 8.53. The predicted octanol–water partition coefficient (Wildman–Crippen LogP) is 3.43. The molecule has 2 amide bonds. The van der Waals surface area contributed by atoms with Crippen molar-refractivity contribution in [3.8, 4) is 0 Å². The largest absolute Gasteiger partial charge is 0.322 e. The summed E-state index contributed by atoms with van der Waals surface area (Å²) >= 11 is 0. The second kappa shape index (κ2) is 6.19. The van der Waals surface area contributed by atoms with E-state index in [-0.39, 0.29) is 12.1 Å². The Kier molecular flexibility index (Phi) is 3.88. The van der Waals surface area contributed by atoms with E-state index in [0.29, 0.717) is 5.92 Å². The van der Waals surface area contributed by atoms with Crippen LogP contribution in [-0.4, -0.2) is 32.4 Å². The molecule has 0 radical (unpaired) electrons. The second-order valence-electron chi connectivity index (χ2n) is 6.55. The van der Waals surface area contributed by atoms with Crippen LogP contribution in [0.2, 0.25) is 0 Å². The van der Waals surface area contributed by atoms with E-state index < -0.39 is 0 Å². The molecule has 24 heavy (non-hydrogen) atoms. The predicted molar refractivity (Wildman–Crippen MR) is 90.7 cm³/mol. The van der Waals surface area contributed by atoms with Gasteiger partial charge in [-0.05, 0) is 50.3 Å². The van der Waals surface area contributed by atoms with Gasteiger partial charge in [0.1, 0.15) is 5.82 Å². The van der Waals surface area contributed by atoms with Crippen molar-refractivity contribution < 1.29 is 4.79 Å². The average molecular weight is 323 g/mol. The minimum absolute atomic E-state index is 0.0661. The topological polar surface area (TPSA) is 71.0 Å². The number of hydrogen-bond donors (Lipinski definition) is 1. The molecular formula is C18H21N5O. The molecule has 0 aromatic carbocycles. The van der Waals surface area contributed by atoms with Gasteiger partial charge in [-0.15, -0.1) is 0 Å². The summed E-state index contributed by atoms with van der Waals surface area (Å²) in [6.45, 7) is 2.65. The van der Waals surface area contributed by atoms with Crippen molar-refractivity contribution in [2.45, 2.75) is 44.6 Å². The van der Waals surface area contributed by atoms with Crippen LogP contribution in [0.3, 0.4) is 0 Å². The lowest BCUT2D eigenvalue weighted by Gasteiger charge is -2.25. The summed E-state index contributed by atoms with van der Waals surface area (Å²) in [5.41, 5.74) is 2.88. The van der Waals surface area contributed by atoms with Gasteiger partial charge in [-0.1, -0.05) is 0 Å². The highest BCUT2D eigenvalue weighted by atomic mass is 16.2. The third-order valence-corrected chi connectivity index (χ3v) is 4.75. The molecule has 1 atom stereocenters. The van der Waals surface area contributed by atoms with Crippen LogP contribution in [0.25, 0.3) is 0 Å². The van der Waals surface area contributed by atoms with Crippen LogP contribution < -0.4 is 5.32 Å². The van der Waals surface area contributed by atoms with Gasteiger partial charge in [-0.25, -0.2) is 14.8 Å². The number of urea groups is 1. The number of aromatic nitrogens is 3. The van der Waals surface area contributed by atoms with Crippen molar-refractivity contribution in [3.05, 3.63) is 47.8 Å². The van der Waals surface area contributed by atoms with Gasteiger partial charge >= 0.3 is 6.03 Å². The van der Waals surface area contributed by atoms with E-state index in [1.807, 2.05) is 24.0 Å². The molecule has 1 aliphatic carbocycles. The van der Waals surface area contributed by atoms with Crippen LogP contribution in [0, 0.1) is 6.92 Å². The minimum atomic E-state index is -0.0661. The summed E-state index contributed by atoms with van der Waals surface area (Å²) in [5, 5.41) is 3.05. The monoisotopic (exact) mass is 323 g/mol. The van der Waals surface area contributed by atoms with Gasteiger partial charge in [0.2, 0.25) is 0 Å². The Bertz CT molecular complexity index is 744. The van der Waals surface area contributed by atoms with Crippen LogP contribution in [0.1, 0.15) is 54.7 Å². The first-order valence-corrected chi connectivity index (χ1v) is 8.53. The van der Waals surface area contributed by atoms with Crippen molar-refractivity contribution in [1.29, 1.82) is 0 Å². The van der Waals surface area contributed by atoms with E-state index in [2.05, 4.69) is 20.3 Å². The van der Waals surface area contributed by atoms with Crippen LogP contribution in [0.5, 0.6) is 0 Å². The summed E-state index contributed by atoms with van der Waals surface area (Å²) in [5.74, 6) is 1.22. The quantitative estimate of drug-likeness (QED) is 0.939. The Balaban J connectivity index is 1.54. The summed E-state index contributed by atoms with van der Waals surface area (Å²) in [4.78, 5) is 27.6. The second-order valence-corrected chi connectivity index (χ2v) is 6.55. The molecule has 2 fully saturated rings. The zero-order chi connectivity index (χ0) is 16.5. The molecule has 4 rings (SSSR count). The van der Waals surface area contributed by atoms with Crippen LogP contribution in [-0.2, 0) is 0 Å². The number of hydrogen-bond acceptors (Lipinski definition) is 4. The normalized spacial score (nSPS) is 20.2.